The van der Waals surface area contributed by atoms with Crippen LogP contribution in [0.15, 0.2) is 10.9 Å². The number of pyridine rings is 1. The van der Waals surface area contributed by atoms with Crippen LogP contribution in [0.2, 0.25) is 0 Å². The maximum Gasteiger partial charge on any atom is 0.259 e. The zero-order valence-electron chi connectivity index (χ0n) is 16.9. The fraction of sp³-hybridized carbons (Fsp3) is 0.727. The first-order valence-corrected chi connectivity index (χ1v) is 10.8. The van der Waals surface area contributed by atoms with E-state index in [1.807, 2.05) is 11.8 Å². The molecule has 3 aliphatic rings. The minimum atomic E-state index is -0.0913. The average Bonchev–Trinajstić information content (AvgIpc) is 3.30. The van der Waals surface area contributed by atoms with Crippen molar-refractivity contribution >= 4 is 5.91 Å². The van der Waals surface area contributed by atoms with E-state index in [0.717, 1.165) is 50.3 Å². The van der Waals surface area contributed by atoms with Crippen molar-refractivity contribution in [3.05, 3.63) is 33.2 Å². The minimum Gasteiger partial charge on any atom is -0.347 e. The molecule has 0 aromatic carbocycles. The van der Waals surface area contributed by atoms with Crippen molar-refractivity contribution in [2.24, 2.45) is 5.92 Å². The molecule has 1 saturated carbocycles. The number of carbonyl (C=O) groups excluding carboxylic acids is 1. The number of rotatable bonds is 5. The van der Waals surface area contributed by atoms with Gasteiger partial charge in [-0.05, 0) is 64.5 Å². The highest BCUT2D eigenvalue weighted by molar-refractivity contribution is 5.95. The van der Waals surface area contributed by atoms with E-state index in [1.54, 1.807) is 6.07 Å². The Morgan fingerprint density at radius 2 is 1.93 bits per heavy atom. The molecule has 1 aliphatic carbocycles. The molecule has 27 heavy (non-hydrogen) atoms. The molecule has 2 atom stereocenters. The van der Waals surface area contributed by atoms with E-state index in [-0.39, 0.29) is 11.3 Å². The Labute approximate surface area is 162 Å². The van der Waals surface area contributed by atoms with E-state index in [0.29, 0.717) is 17.5 Å². The summed E-state index contributed by atoms with van der Waals surface area (Å²) in [6.07, 6.45) is 8.10. The highest BCUT2D eigenvalue weighted by Gasteiger charge is 2.41. The Bertz CT molecular complexity index is 764. The van der Waals surface area contributed by atoms with Crippen molar-refractivity contribution in [1.29, 1.82) is 0 Å². The minimum absolute atomic E-state index is 0.0178. The third-order valence-electron chi connectivity index (χ3n) is 6.93. The van der Waals surface area contributed by atoms with Crippen LogP contribution in [0.4, 0.5) is 0 Å². The van der Waals surface area contributed by atoms with Crippen LogP contribution in [0.5, 0.6) is 0 Å². The molecule has 5 nitrogen and oxygen atoms in total. The standard InChI is InChI=1S/C22H33N3O2/c1-3-19-21(22(27)25-15-17-7-8-18(25)14-17)20(26)13-16(2)24(19)12-11-23-9-5-4-6-10-23/h13,17-18H,3-12,14-15H2,1-2H3. The molecule has 4 rings (SSSR count). The number of piperidine rings is 2. The van der Waals surface area contributed by atoms with E-state index >= 15 is 0 Å². The number of amides is 1. The van der Waals surface area contributed by atoms with Crippen LogP contribution in [0, 0.1) is 12.8 Å². The third kappa shape index (κ3) is 3.58. The number of nitrogens with zero attached hydrogens (tertiary/aromatic N) is 3. The Hall–Kier alpha value is -1.62. The maximum atomic E-state index is 13.3. The van der Waals surface area contributed by atoms with Crippen molar-refractivity contribution in [2.45, 2.75) is 71.4 Å². The lowest BCUT2D eigenvalue weighted by Crippen LogP contribution is -2.41. The molecule has 0 spiro atoms. The maximum absolute atomic E-state index is 13.3. The molecule has 0 N–H and O–H groups in total. The van der Waals surface area contributed by atoms with Crippen LogP contribution >= 0.6 is 0 Å². The molecular formula is C22H33N3O2. The third-order valence-corrected chi connectivity index (χ3v) is 6.93. The normalized spacial score (nSPS) is 25.3. The fourth-order valence-corrected chi connectivity index (χ4v) is 5.48. The van der Waals surface area contributed by atoms with Crippen molar-refractivity contribution in [2.75, 3.05) is 26.2 Å². The Balaban J connectivity index is 1.61. The van der Waals surface area contributed by atoms with E-state index < -0.39 is 0 Å². The number of aromatic nitrogens is 1. The molecule has 1 aromatic heterocycles. The molecular weight excluding hydrogens is 338 g/mol. The summed E-state index contributed by atoms with van der Waals surface area (Å²) in [6.45, 7) is 9.11. The van der Waals surface area contributed by atoms with Gasteiger partial charge in [-0.2, -0.15) is 0 Å². The number of carbonyl (C=O) groups is 1. The number of hydrogen-bond donors (Lipinski definition) is 0. The smallest absolute Gasteiger partial charge is 0.259 e. The van der Waals surface area contributed by atoms with Crippen LogP contribution < -0.4 is 5.43 Å². The van der Waals surface area contributed by atoms with E-state index in [1.165, 1.54) is 38.8 Å². The number of hydrogen-bond acceptors (Lipinski definition) is 3. The van der Waals surface area contributed by atoms with Crippen LogP contribution in [-0.2, 0) is 13.0 Å². The SMILES string of the molecule is CCc1c(C(=O)N2CC3CCC2C3)c(=O)cc(C)n1CCN1CCCCC1. The van der Waals surface area contributed by atoms with Gasteiger partial charge >= 0.3 is 0 Å². The monoisotopic (exact) mass is 371 g/mol. The number of fused-ring (bicyclic) bond motifs is 2. The summed E-state index contributed by atoms with van der Waals surface area (Å²) < 4.78 is 2.23. The first-order valence-electron chi connectivity index (χ1n) is 10.8. The van der Waals surface area contributed by atoms with Gasteiger partial charge in [-0.1, -0.05) is 13.3 Å². The zero-order valence-corrected chi connectivity index (χ0v) is 16.9. The topological polar surface area (TPSA) is 45.6 Å². The molecule has 3 fully saturated rings. The lowest BCUT2D eigenvalue weighted by atomic mass is 10.0. The van der Waals surface area contributed by atoms with Gasteiger partial charge < -0.3 is 14.4 Å². The van der Waals surface area contributed by atoms with Gasteiger partial charge in [0.15, 0.2) is 5.43 Å². The molecule has 1 aromatic rings. The second-order valence-electron chi connectivity index (χ2n) is 8.67. The molecule has 2 saturated heterocycles. The molecule has 2 unspecified atom stereocenters. The summed E-state index contributed by atoms with van der Waals surface area (Å²) in [4.78, 5) is 30.6. The van der Waals surface area contributed by atoms with Crippen LogP contribution in [0.3, 0.4) is 0 Å². The van der Waals surface area contributed by atoms with Gasteiger partial charge in [-0.15, -0.1) is 0 Å². The Morgan fingerprint density at radius 3 is 2.56 bits per heavy atom. The lowest BCUT2D eigenvalue weighted by molar-refractivity contribution is 0.0699. The van der Waals surface area contributed by atoms with Gasteiger partial charge in [0.05, 0.1) is 0 Å². The van der Waals surface area contributed by atoms with Crippen molar-refractivity contribution < 1.29 is 4.79 Å². The van der Waals surface area contributed by atoms with E-state index in [4.69, 9.17) is 0 Å². The molecule has 2 bridgehead atoms. The highest BCUT2D eigenvalue weighted by atomic mass is 16.2. The predicted molar refractivity (Wildman–Crippen MR) is 107 cm³/mol. The van der Waals surface area contributed by atoms with Gasteiger partial charge in [-0.25, -0.2) is 0 Å². The molecule has 1 amide bonds. The van der Waals surface area contributed by atoms with E-state index in [2.05, 4.69) is 16.4 Å². The molecule has 148 valence electrons. The summed E-state index contributed by atoms with van der Waals surface area (Å²) in [7, 11) is 0. The average molecular weight is 372 g/mol. The van der Waals surface area contributed by atoms with Crippen LogP contribution in [0.25, 0.3) is 0 Å². The first kappa shape index (κ1) is 18.7. The molecule has 0 radical (unpaired) electrons. The fourth-order valence-electron chi connectivity index (χ4n) is 5.48. The van der Waals surface area contributed by atoms with Gasteiger partial charge in [0.25, 0.3) is 5.91 Å². The van der Waals surface area contributed by atoms with Gasteiger partial charge in [0, 0.05) is 43.1 Å². The quantitative estimate of drug-likeness (QED) is 0.800. The lowest BCUT2D eigenvalue weighted by Gasteiger charge is -2.30. The van der Waals surface area contributed by atoms with Crippen LogP contribution in [0.1, 0.15) is 67.2 Å². The van der Waals surface area contributed by atoms with E-state index in [9.17, 15) is 9.59 Å². The summed E-state index contributed by atoms with van der Waals surface area (Å²) in [5.41, 5.74) is 2.26. The molecule has 3 heterocycles. The predicted octanol–water partition coefficient (Wildman–Crippen LogP) is 2.83. The van der Waals surface area contributed by atoms with Gasteiger partial charge in [0.1, 0.15) is 5.56 Å². The Morgan fingerprint density at radius 1 is 1.15 bits per heavy atom. The summed E-state index contributed by atoms with van der Waals surface area (Å²) in [5, 5.41) is 0. The number of aryl methyl sites for hydroxylation is 1. The van der Waals surface area contributed by atoms with Crippen molar-refractivity contribution in [3.8, 4) is 0 Å². The summed E-state index contributed by atoms with van der Waals surface area (Å²) >= 11 is 0. The van der Waals surface area contributed by atoms with Gasteiger partial charge in [0.2, 0.25) is 0 Å². The Kier molecular flexibility index (Phi) is 5.40. The first-order chi connectivity index (χ1) is 13.1. The second kappa shape index (κ2) is 7.78. The number of likely N-dealkylation sites (tertiary alicyclic amines) is 2. The molecule has 2 aliphatic heterocycles. The van der Waals surface area contributed by atoms with Gasteiger partial charge in [-0.3, -0.25) is 9.59 Å². The molecule has 5 heteroatoms. The second-order valence-corrected chi connectivity index (χ2v) is 8.67. The summed E-state index contributed by atoms with van der Waals surface area (Å²) in [6, 6.07) is 2.03. The van der Waals surface area contributed by atoms with Crippen molar-refractivity contribution in [3.63, 3.8) is 0 Å². The zero-order chi connectivity index (χ0) is 19.0. The highest BCUT2D eigenvalue weighted by Crippen LogP contribution is 2.38. The van der Waals surface area contributed by atoms with Crippen LogP contribution in [-0.4, -0.2) is 52.5 Å². The van der Waals surface area contributed by atoms with Crippen molar-refractivity contribution in [1.82, 2.24) is 14.4 Å². The summed E-state index contributed by atoms with van der Waals surface area (Å²) in [5.74, 6) is 0.631. The largest absolute Gasteiger partial charge is 0.347 e.